The van der Waals surface area contributed by atoms with Gasteiger partial charge in [-0.2, -0.15) is 0 Å². The van der Waals surface area contributed by atoms with Crippen LogP contribution in [0.15, 0.2) is 0 Å². The molecule has 2 rings (SSSR count). The normalized spacial score (nSPS) is 17.2. The van der Waals surface area contributed by atoms with Crippen molar-refractivity contribution in [1.82, 2.24) is 9.88 Å². The van der Waals surface area contributed by atoms with E-state index in [0.29, 0.717) is 6.42 Å². The van der Waals surface area contributed by atoms with Gasteiger partial charge in [0.1, 0.15) is 0 Å². The second kappa shape index (κ2) is 6.58. The van der Waals surface area contributed by atoms with Crippen LogP contribution in [0.2, 0.25) is 0 Å². The summed E-state index contributed by atoms with van der Waals surface area (Å²) in [4.78, 5) is 18.5. The molecule has 1 aromatic rings. The highest BCUT2D eigenvalue weighted by atomic mass is 32.1. The lowest BCUT2D eigenvalue weighted by Gasteiger charge is -2.35. The van der Waals surface area contributed by atoms with Gasteiger partial charge < -0.3 is 14.6 Å². The third-order valence-electron chi connectivity index (χ3n) is 3.55. The minimum Gasteiger partial charge on any atom is -0.372 e. The van der Waals surface area contributed by atoms with Gasteiger partial charge in [-0.05, 0) is 52.8 Å². The summed E-state index contributed by atoms with van der Waals surface area (Å²) >= 11 is 6.62. The zero-order valence-electron chi connectivity index (χ0n) is 13.2. The van der Waals surface area contributed by atoms with Crippen LogP contribution < -0.4 is 0 Å². The van der Waals surface area contributed by atoms with E-state index in [4.69, 9.17) is 17.0 Å². The Balaban J connectivity index is 1.86. The molecule has 118 valence electrons. The number of aryl methyl sites for hydroxylation is 1. The molecule has 0 spiro atoms. The number of aromatic amines is 1. The number of hydrogen-bond donors (Lipinski definition) is 1. The SMILES string of the molecule is Cc1[nH]c(=S)sc1CC(=O)N1CCC(OC(C)(C)C)CC1. The van der Waals surface area contributed by atoms with Crippen molar-refractivity contribution in [3.63, 3.8) is 0 Å². The average Bonchev–Trinajstić information content (AvgIpc) is 2.66. The second-order valence-corrected chi connectivity index (χ2v) is 8.32. The van der Waals surface area contributed by atoms with Gasteiger partial charge >= 0.3 is 0 Å². The van der Waals surface area contributed by atoms with E-state index in [2.05, 4.69) is 25.8 Å². The minimum absolute atomic E-state index is 0.110. The van der Waals surface area contributed by atoms with Crippen LogP contribution in [0.4, 0.5) is 0 Å². The van der Waals surface area contributed by atoms with Gasteiger partial charge in [0, 0.05) is 23.7 Å². The summed E-state index contributed by atoms with van der Waals surface area (Å²) in [5.74, 6) is 0.192. The van der Waals surface area contributed by atoms with Crippen LogP contribution in [-0.4, -0.2) is 40.6 Å². The van der Waals surface area contributed by atoms with E-state index in [1.54, 1.807) is 0 Å². The van der Waals surface area contributed by atoms with Crippen molar-refractivity contribution in [1.29, 1.82) is 0 Å². The summed E-state index contributed by atoms with van der Waals surface area (Å²) in [6, 6.07) is 0. The molecule has 1 N–H and O–H groups in total. The molecule has 1 aliphatic heterocycles. The monoisotopic (exact) mass is 328 g/mol. The molecule has 0 radical (unpaired) electrons. The van der Waals surface area contributed by atoms with Crippen molar-refractivity contribution >= 4 is 29.5 Å². The molecule has 0 atom stereocenters. The molecule has 1 saturated heterocycles. The fourth-order valence-electron chi connectivity index (χ4n) is 2.58. The van der Waals surface area contributed by atoms with Gasteiger partial charge in [0.05, 0.1) is 18.1 Å². The predicted octanol–water partition coefficient (Wildman–Crippen LogP) is 3.46. The van der Waals surface area contributed by atoms with Crippen LogP contribution in [0, 0.1) is 10.9 Å². The van der Waals surface area contributed by atoms with E-state index in [1.165, 1.54) is 11.3 Å². The molecule has 1 amide bonds. The summed E-state index contributed by atoms with van der Waals surface area (Å²) in [5, 5.41) is 0. The second-order valence-electron chi connectivity index (χ2n) is 6.55. The lowest BCUT2D eigenvalue weighted by atomic mass is 10.1. The highest BCUT2D eigenvalue weighted by Gasteiger charge is 2.26. The highest BCUT2D eigenvalue weighted by molar-refractivity contribution is 7.73. The lowest BCUT2D eigenvalue weighted by molar-refractivity contribution is -0.135. The van der Waals surface area contributed by atoms with Crippen molar-refractivity contribution < 1.29 is 9.53 Å². The maximum Gasteiger partial charge on any atom is 0.227 e. The van der Waals surface area contributed by atoms with Gasteiger partial charge in [-0.25, -0.2) is 0 Å². The van der Waals surface area contributed by atoms with Crippen LogP contribution >= 0.6 is 23.6 Å². The van der Waals surface area contributed by atoms with E-state index >= 15 is 0 Å². The van der Waals surface area contributed by atoms with Crippen LogP contribution in [0.25, 0.3) is 0 Å². The standard InChI is InChI=1S/C15H24N2O2S2/c1-10-12(21-14(20)16-10)9-13(18)17-7-5-11(6-8-17)19-15(2,3)4/h11H,5-9H2,1-4H3,(H,16,20). The topological polar surface area (TPSA) is 45.3 Å². The number of nitrogens with one attached hydrogen (secondary N) is 1. The Kier molecular flexibility index (Phi) is 5.22. The Bertz CT molecular complexity index is 549. The zero-order chi connectivity index (χ0) is 15.6. The van der Waals surface area contributed by atoms with Crippen LogP contribution in [0.5, 0.6) is 0 Å². The smallest absolute Gasteiger partial charge is 0.227 e. The number of rotatable bonds is 3. The summed E-state index contributed by atoms with van der Waals surface area (Å²) in [6.45, 7) is 9.77. The molecule has 1 aromatic heterocycles. The van der Waals surface area contributed by atoms with E-state index in [1.807, 2.05) is 11.8 Å². The summed E-state index contributed by atoms with van der Waals surface area (Å²) in [6.07, 6.45) is 2.56. The zero-order valence-corrected chi connectivity index (χ0v) is 14.8. The number of ether oxygens (including phenoxy) is 1. The predicted molar refractivity (Wildman–Crippen MR) is 88.4 cm³/mol. The summed E-state index contributed by atoms with van der Waals surface area (Å²) < 4.78 is 6.74. The lowest BCUT2D eigenvalue weighted by Crippen LogP contribution is -2.43. The Labute approximate surface area is 135 Å². The van der Waals surface area contributed by atoms with E-state index in [9.17, 15) is 4.79 Å². The van der Waals surface area contributed by atoms with Gasteiger partial charge in [0.2, 0.25) is 5.91 Å². The number of piperidine rings is 1. The van der Waals surface area contributed by atoms with Crippen LogP contribution in [-0.2, 0) is 16.0 Å². The van der Waals surface area contributed by atoms with Gasteiger partial charge in [-0.15, -0.1) is 11.3 Å². The first-order valence-electron chi connectivity index (χ1n) is 7.39. The van der Waals surface area contributed by atoms with E-state index in [0.717, 1.165) is 40.5 Å². The van der Waals surface area contributed by atoms with Crippen molar-refractivity contribution in [2.75, 3.05) is 13.1 Å². The Morgan fingerprint density at radius 1 is 1.43 bits per heavy atom. The van der Waals surface area contributed by atoms with Crippen molar-refractivity contribution in [2.45, 2.75) is 58.7 Å². The molecule has 6 heteroatoms. The molecule has 0 unspecified atom stereocenters. The molecule has 0 aromatic carbocycles. The number of aromatic nitrogens is 1. The molecule has 0 saturated carbocycles. The maximum atomic E-state index is 12.4. The van der Waals surface area contributed by atoms with Crippen molar-refractivity contribution in [2.24, 2.45) is 0 Å². The molecule has 0 bridgehead atoms. The largest absolute Gasteiger partial charge is 0.372 e. The number of thiazole rings is 1. The first kappa shape index (κ1) is 16.6. The third-order valence-corrected chi connectivity index (χ3v) is 4.89. The third kappa shape index (κ3) is 4.90. The quantitative estimate of drug-likeness (QED) is 0.864. The van der Waals surface area contributed by atoms with E-state index in [-0.39, 0.29) is 17.6 Å². The Morgan fingerprint density at radius 3 is 2.52 bits per heavy atom. The number of H-pyrrole nitrogens is 1. The number of hydrogen-bond acceptors (Lipinski definition) is 4. The minimum atomic E-state index is -0.110. The van der Waals surface area contributed by atoms with Gasteiger partial charge in [-0.3, -0.25) is 4.79 Å². The molecule has 0 aliphatic carbocycles. The number of nitrogens with zero attached hydrogens (tertiary/aromatic N) is 1. The number of carbonyl (C=O) groups is 1. The first-order valence-corrected chi connectivity index (χ1v) is 8.61. The van der Waals surface area contributed by atoms with Gasteiger partial charge in [0.25, 0.3) is 0 Å². The van der Waals surface area contributed by atoms with E-state index < -0.39 is 0 Å². The molecule has 4 nitrogen and oxygen atoms in total. The van der Waals surface area contributed by atoms with Crippen LogP contribution in [0.3, 0.4) is 0 Å². The molecule has 1 fully saturated rings. The summed E-state index contributed by atoms with van der Waals surface area (Å²) in [7, 11) is 0. The highest BCUT2D eigenvalue weighted by Crippen LogP contribution is 2.22. The molecule has 1 aliphatic rings. The molecular weight excluding hydrogens is 304 g/mol. The fraction of sp³-hybridized carbons (Fsp3) is 0.733. The van der Waals surface area contributed by atoms with Gasteiger partial charge in [-0.1, -0.05) is 0 Å². The van der Waals surface area contributed by atoms with Crippen molar-refractivity contribution in [3.05, 3.63) is 14.5 Å². The molecule has 21 heavy (non-hydrogen) atoms. The number of likely N-dealkylation sites (tertiary alicyclic amines) is 1. The summed E-state index contributed by atoms with van der Waals surface area (Å²) in [5.41, 5.74) is 0.907. The molecule has 2 heterocycles. The fourth-order valence-corrected chi connectivity index (χ4v) is 3.86. The van der Waals surface area contributed by atoms with Crippen molar-refractivity contribution in [3.8, 4) is 0 Å². The molecular formula is C15H24N2O2S2. The Hall–Kier alpha value is -0.720. The number of carbonyl (C=O) groups excluding carboxylic acids is 1. The van der Waals surface area contributed by atoms with Gasteiger partial charge in [0.15, 0.2) is 3.95 Å². The van der Waals surface area contributed by atoms with Crippen LogP contribution in [0.1, 0.15) is 44.2 Å². The maximum absolute atomic E-state index is 12.4. The first-order chi connectivity index (χ1) is 9.74. The number of amides is 1. The average molecular weight is 329 g/mol. The Morgan fingerprint density at radius 2 is 2.05 bits per heavy atom.